The van der Waals surface area contributed by atoms with Gasteiger partial charge in [-0.1, -0.05) is 29.8 Å². The molecule has 0 unspecified atom stereocenters. The van der Waals surface area contributed by atoms with E-state index in [0.29, 0.717) is 59.7 Å². The van der Waals surface area contributed by atoms with Crippen LogP contribution in [-0.4, -0.2) is 46.6 Å². The van der Waals surface area contributed by atoms with Crippen LogP contribution < -0.4 is 10.2 Å². The number of halogens is 4. The molecule has 0 bridgehead atoms. The smallest absolute Gasteiger partial charge is 0.385 e. The number of aliphatic hydroxyl groups is 1. The maximum absolute atomic E-state index is 12.8. The Hall–Kier alpha value is -3.21. The number of alkyl halides is 3. The summed E-state index contributed by atoms with van der Waals surface area (Å²) in [4.78, 5) is 31.6. The summed E-state index contributed by atoms with van der Waals surface area (Å²) in [6.45, 7) is 1.78. The first kappa shape index (κ1) is 25.4. The zero-order valence-corrected chi connectivity index (χ0v) is 20.4. The van der Waals surface area contributed by atoms with E-state index in [0.717, 1.165) is 17.7 Å². The van der Waals surface area contributed by atoms with Crippen LogP contribution in [0, 0.1) is 0 Å². The molecule has 5 rings (SSSR count). The fourth-order valence-electron chi connectivity index (χ4n) is 4.88. The molecular formula is C26H24ClF3N4O3. The number of urea groups is 1. The average molecular weight is 533 g/mol. The minimum absolute atomic E-state index is 0.181. The minimum Gasteiger partial charge on any atom is -0.385 e. The van der Waals surface area contributed by atoms with Crippen molar-refractivity contribution in [2.24, 2.45) is 0 Å². The number of nitrogens with one attached hydrogen (secondary N) is 1. The van der Waals surface area contributed by atoms with Crippen molar-refractivity contribution in [3.8, 4) is 0 Å². The van der Waals surface area contributed by atoms with Gasteiger partial charge in [0.05, 0.1) is 33.6 Å². The van der Waals surface area contributed by atoms with Crippen molar-refractivity contribution in [3.63, 3.8) is 0 Å². The molecule has 0 saturated carbocycles. The highest BCUT2D eigenvalue weighted by Gasteiger charge is 2.36. The Balaban J connectivity index is 1.32. The standard InChI is InChI=1S/C26H24ClF3N4O3/c27-23-19-13-18(34-10-7-22(35)32-24(34)36)14-31-21(19)6-5-20(23)25(37)8-11-33(12-9-25)15-16-1-3-17(4-2-16)26(28,29)30/h1-6,13-14,37H,7-12,15H2,(H,32,35,36). The molecule has 0 aliphatic carbocycles. The van der Waals surface area contributed by atoms with Gasteiger partial charge in [-0.2, -0.15) is 13.2 Å². The third-order valence-electron chi connectivity index (χ3n) is 7.02. The van der Waals surface area contributed by atoms with Gasteiger partial charge in [-0.25, -0.2) is 4.79 Å². The first-order chi connectivity index (χ1) is 17.5. The van der Waals surface area contributed by atoms with E-state index in [9.17, 15) is 27.9 Å². The van der Waals surface area contributed by atoms with Crippen molar-refractivity contribution < 1.29 is 27.9 Å². The van der Waals surface area contributed by atoms with Crippen LogP contribution >= 0.6 is 11.6 Å². The van der Waals surface area contributed by atoms with Gasteiger partial charge in [0.2, 0.25) is 5.91 Å². The van der Waals surface area contributed by atoms with E-state index in [1.165, 1.54) is 17.0 Å². The lowest BCUT2D eigenvalue weighted by molar-refractivity contribution is -0.137. The van der Waals surface area contributed by atoms with Crippen molar-refractivity contribution >= 4 is 40.1 Å². The van der Waals surface area contributed by atoms with Crippen molar-refractivity contribution in [2.75, 3.05) is 24.5 Å². The van der Waals surface area contributed by atoms with Gasteiger partial charge >= 0.3 is 12.2 Å². The van der Waals surface area contributed by atoms with Crippen molar-refractivity contribution in [1.29, 1.82) is 0 Å². The van der Waals surface area contributed by atoms with Gasteiger partial charge in [-0.15, -0.1) is 0 Å². The number of nitrogens with zero attached hydrogens (tertiary/aromatic N) is 3. The van der Waals surface area contributed by atoms with Crippen LogP contribution in [0.2, 0.25) is 5.02 Å². The number of aromatic nitrogens is 1. The second-order valence-electron chi connectivity index (χ2n) is 9.44. The van der Waals surface area contributed by atoms with Gasteiger partial charge in [0.15, 0.2) is 0 Å². The highest BCUT2D eigenvalue weighted by Crippen LogP contribution is 2.41. The molecule has 0 radical (unpaired) electrons. The quantitative estimate of drug-likeness (QED) is 0.502. The normalized spacial score (nSPS) is 18.8. The Morgan fingerprint density at radius 2 is 1.76 bits per heavy atom. The van der Waals surface area contributed by atoms with Gasteiger partial charge < -0.3 is 5.11 Å². The van der Waals surface area contributed by atoms with Crippen LogP contribution in [0.5, 0.6) is 0 Å². The molecule has 0 spiro atoms. The largest absolute Gasteiger partial charge is 0.416 e. The van der Waals surface area contributed by atoms with E-state index in [4.69, 9.17) is 11.6 Å². The Morgan fingerprint density at radius 3 is 2.41 bits per heavy atom. The number of hydrogen-bond donors (Lipinski definition) is 2. The van der Waals surface area contributed by atoms with E-state index in [1.54, 1.807) is 24.4 Å². The number of carbonyl (C=O) groups excluding carboxylic acids is 2. The predicted octanol–water partition coefficient (Wildman–Crippen LogP) is 4.84. The summed E-state index contributed by atoms with van der Waals surface area (Å²) in [5.41, 5.74) is 0.566. The van der Waals surface area contributed by atoms with Crippen LogP contribution in [0.1, 0.15) is 36.0 Å². The number of carbonyl (C=O) groups is 2. The number of hydrogen-bond acceptors (Lipinski definition) is 5. The number of rotatable bonds is 4. The second kappa shape index (κ2) is 9.59. The molecule has 11 heteroatoms. The van der Waals surface area contributed by atoms with E-state index in [2.05, 4.69) is 15.2 Å². The van der Waals surface area contributed by atoms with E-state index in [1.807, 2.05) is 0 Å². The predicted molar refractivity (Wildman–Crippen MR) is 132 cm³/mol. The zero-order valence-electron chi connectivity index (χ0n) is 19.7. The second-order valence-corrected chi connectivity index (χ2v) is 9.82. The molecule has 37 heavy (non-hydrogen) atoms. The fourth-order valence-corrected chi connectivity index (χ4v) is 5.27. The third-order valence-corrected chi connectivity index (χ3v) is 7.43. The monoisotopic (exact) mass is 532 g/mol. The Morgan fingerprint density at radius 1 is 1.05 bits per heavy atom. The van der Waals surface area contributed by atoms with Gasteiger partial charge in [-0.3, -0.25) is 24.9 Å². The van der Waals surface area contributed by atoms with Crippen LogP contribution in [0.25, 0.3) is 10.9 Å². The fraction of sp³-hybridized carbons (Fsp3) is 0.346. The van der Waals surface area contributed by atoms with Gasteiger partial charge in [-0.05, 0) is 42.7 Å². The molecule has 1 aromatic heterocycles. The molecule has 194 valence electrons. The number of pyridine rings is 1. The summed E-state index contributed by atoms with van der Waals surface area (Å²) >= 11 is 6.77. The van der Waals surface area contributed by atoms with Gasteiger partial charge in [0.1, 0.15) is 0 Å². The molecule has 2 aliphatic rings. The highest BCUT2D eigenvalue weighted by molar-refractivity contribution is 6.36. The Labute approximate surface area is 215 Å². The highest BCUT2D eigenvalue weighted by atomic mass is 35.5. The number of piperidine rings is 1. The van der Waals surface area contributed by atoms with E-state index >= 15 is 0 Å². The maximum atomic E-state index is 12.8. The van der Waals surface area contributed by atoms with Crippen molar-refractivity contribution in [1.82, 2.24) is 15.2 Å². The Kier molecular flexibility index (Phi) is 6.59. The van der Waals surface area contributed by atoms with E-state index in [-0.39, 0.29) is 18.9 Å². The average Bonchev–Trinajstić information content (AvgIpc) is 2.85. The van der Waals surface area contributed by atoms with Crippen LogP contribution in [-0.2, 0) is 23.1 Å². The molecule has 0 atom stereocenters. The number of fused-ring (bicyclic) bond motifs is 1. The SMILES string of the molecule is O=C1CCN(c2cnc3ccc(C4(O)CCN(Cc5ccc(C(F)(F)F)cc5)CC4)c(Cl)c3c2)C(=O)N1. The zero-order chi connectivity index (χ0) is 26.4. The molecule has 2 fully saturated rings. The van der Waals surface area contributed by atoms with Crippen LogP contribution in [0.15, 0.2) is 48.7 Å². The number of likely N-dealkylation sites (tertiary alicyclic amines) is 1. The topological polar surface area (TPSA) is 85.8 Å². The summed E-state index contributed by atoms with van der Waals surface area (Å²) in [7, 11) is 0. The molecule has 3 heterocycles. The first-order valence-corrected chi connectivity index (χ1v) is 12.2. The summed E-state index contributed by atoms with van der Waals surface area (Å²) in [6.07, 6.45) is -1.86. The number of amides is 3. The maximum Gasteiger partial charge on any atom is 0.416 e. The van der Waals surface area contributed by atoms with Gasteiger partial charge in [0, 0.05) is 43.5 Å². The molecule has 2 aliphatic heterocycles. The summed E-state index contributed by atoms with van der Waals surface area (Å²) in [6, 6.07) is 9.86. The Bertz CT molecular complexity index is 1360. The number of anilines is 1. The molecule has 3 amide bonds. The first-order valence-electron chi connectivity index (χ1n) is 11.8. The lowest BCUT2D eigenvalue weighted by Gasteiger charge is -2.39. The summed E-state index contributed by atoms with van der Waals surface area (Å²) < 4.78 is 38.5. The van der Waals surface area contributed by atoms with Crippen LogP contribution in [0.4, 0.5) is 23.7 Å². The lowest BCUT2D eigenvalue weighted by Crippen LogP contribution is -2.49. The minimum atomic E-state index is -4.37. The summed E-state index contributed by atoms with van der Waals surface area (Å²) in [5.74, 6) is -0.331. The molecule has 3 aromatic rings. The van der Waals surface area contributed by atoms with Crippen molar-refractivity contribution in [3.05, 3.63) is 70.4 Å². The molecule has 2 aromatic carbocycles. The number of imide groups is 1. The molecule has 2 N–H and O–H groups in total. The molecule has 7 nitrogen and oxygen atoms in total. The van der Waals surface area contributed by atoms with Gasteiger partial charge in [0.25, 0.3) is 0 Å². The number of benzene rings is 2. The lowest BCUT2D eigenvalue weighted by atomic mass is 9.83. The molecular weight excluding hydrogens is 509 g/mol. The summed E-state index contributed by atoms with van der Waals surface area (Å²) in [5, 5.41) is 14.7. The van der Waals surface area contributed by atoms with Crippen molar-refractivity contribution in [2.45, 2.75) is 37.6 Å². The third kappa shape index (κ3) is 5.14. The van der Waals surface area contributed by atoms with E-state index < -0.39 is 23.4 Å². The van der Waals surface area contributed by atoms with Crippen LogP contribution in [0.3, 0.4) is 0 Å². The molecule has 2 saturated heterocycles.